The molecule has 0 aliphatic heterocycles. The van der Waals surface area contributed by atoms with Gasteiger partial charge in [-0.3, -0.25) is 4.21 Å². The number of nitrogens with one attached hydrogen (secondary N) is 1. The minimum absolute atomic E-state index is 0.326. The van der Waals surface area contributed by atoms with Gasteiger partial charge in [-0.1, -0.05) is 6.92 Å². The van der Waals surface area contributed by atoms with Crippen LogP contribution < -0.4 is 5.32 Å². The molecule has 0 aliphatic rings. The van der Waals surface area contributed by atoms with Crippen LogP contribution in [0.3, 0.4) is 0 Å². The van der Waals surface area contributed by atoms with E-state index in [0.717, 1.165) is 18.7 Å². The molecule has 1 aromatic rings. The zero-order valence-corrected chi connectivity index (χ0v) is 9.24. The fraction of sp³-hybridized carbons (Fsp3) is 0.400. The molecule has 0 saturated carbocycles. The van der Waals surface area contributed by atoms with E-state index in [9.17, 15) is 13.0 Å². The number of hydrogen-bond donors (Lipinski definition) is 1. The lowest BCUT2D eigenvalue weighted by Crippen LogP contribution is -2.19. The summed E-state index contributed by atoms with van der Waals surface area (Å²) in [6, 6.07) is 3.33. The normalized spacial score (nSPS) is 12.7. The molecule has 0 spiro atoms. The van der Waals surface area contributed by atoms with E-state index < -0.39 is 22.4 Å². The lowest BCUT2D eigenvalue weighted by Gasteiger charge is -2.03. The summed E-state index contributed by atoms with van der Waals surface area (Å²) in [7, 11) is -1.27. The van der Waals surface area contributed by atoms with Crippen LogP contribution in [0.5, 0.6) is 0 Å². The van der Waals surface area contributed by atoms with E-state index in [1.54, 1.807) is 0 Å². The van der Waals surface area contributed by atoms with Crippen LogP contribution in [0.4, 0.5) is 8.78 Å². The van der Waals surface area contributed by atoms with Crippen molar-refractivity contribution in [2.24, 2.45) is 0 Å². The second kappa shape index (κ2) is 5.92. The van der Waals surface area contributed by atoms with E-state index in [1.807, 2.05) is 6.92 Å². The molecule has 0 bridgehead atoms. The fourth-order valence-electron chi connectivity index (χ4n) is 1.08. The zero-order valence-electron chi connectivity index (χ0n) is 8.43. The Kier molecular flexibility index (Phi) is 4.84. The standard InChI is InChI=1S/C10H13F2NOS/c1-2-13-5-6-15(14)8-3-4-9(11)10(12)7-8/h3-4,7,13H,2,5-6H2,1H3. The van der Waals surface area contributed by atoms with Crippen molar-refractivity contribution in [2.75, 3.05) is 18.8 Å². The molecule has 1 atom stereocenters. The molecular weight excluding hydrogens is 220 g/mol. The molecule has 1 rings (SSSR count). The van der Waals surface area contributed by atoms with Gasteiger partial charge in [0, 0.05) is 17.2 Å². The van der Waals surface area contributed by atoms with Crippen LogP contribution in [-0.4, -0.2) is 23.1 Å². The van der Waals surface area contributed by atoms with E-state index in [-0.39, 0.29) is 0 Å². The van der Waals surface area contributed by atoms with E-state index >= 15 is 0 Å². The summed E-state index contributed by atoms with van der Waals surface area (Å²) in [5.74, 6) is -1.47. The molecule has 1 aromatic carbocycles. The second-order valence-corrected chi connectivity index (χ2v) is 4.55. The molecule has 2 nitrogen and oxygen atoms in total. The van der Waals surface area contributed by atoms with Gasteiger partial charge < -0.3 is 5.32 Å². The maximum atomic E-state index is 12.8. The average molecular weight is 233 g/mol. The summed E-state index contributed by atoms with van der Waals surface area (Å²) in [4.78, 5) is 0.326. The van der Waals surface area contributed by atoms with E-state index in [4.69, 9.17) is 0 Å². The number of hydrogen-bond acceptors (Lipinski definition) is 2. The predicted molar refractivity (Wildman–Crippen MR) is 56.2 cm³/mol. The zero-order chi connectivity index (χ0) is 11.3. The van der Waals surface area contributed by atoms with E-state index in [1.165, 1.54) is 6.07 Å². The third kappa shape index (κ3) is 3.68. The largest absolute Gasteiger partial charge is 0.316 e. The third-order valence-corrected chi connectivity index (χ3v) is 3.22. The predicted octanol–water partition coefficient (Wildman–Crippen LogP) is 1.68. The lowest BCUT2D eigenvalue weighted by molar-refractivity contribution is 0.505. The molecule has 5 heteroatoms. The van der Waals surface area contributed by atoms with Gasteiger partial charge in [0.25, 0.3) is 0 Å². The fourth-order valence-corrected chi connectivity index (χ4v) is 2.10. The Morgan fingerprint density at radius 2 is 2.07 bits per heavy atom. The van der Waals surface area contributed by atoms with Gasteiger partial charge in [0.1, 0.15) is 0 Å². The molecule has 1 N–H and O–H groups in total. The molecule has 0 heterocycles. The van der Waals surface area contributed by atoms with E-state index in [0.29, 0.717) is 17.2 Å². The van der Waals surface area contributed by atoms with Gasteiger partial charge in [-0.25, -0.2) is 8.78 Å². The molecule has 0 aliphatic carbocycles. The minimum Gasteiger partial charge on any atom is -0.316 e. The summed E-state index contributed by atoms with van der Waals surface area (Å²) in [5.41, 5.74) is 0. The minimum atomic E-state index is -1.27. The molecular formula is C10H13F2NOS. The van der Waals surface area contributed by atoms with Crippen LogP contribution >= 0.6 is 0 Å². The highest BCUT2D eigenvalue weighted by Crippen LogP contribution is 2.12. The lowest BCUT2D eigenvalue weighted by atomic mass is 10.3. The van der Waals surface area contributed by atoms with Crippen molar-refractivity contribution in [3.63, 3.8) is 0 Å². The molecule has 15 heavy (non-hydrogen) atoms. The quantitative estimate of drug-likeness (QED) is 0.784. The smallest absolute Gasteiger partial charge is 0.160 e. The van der Waals surface area contributed by atoms with Crippen molar-refractivity contribution in [3.05, 3.63) is 29.8 Å². The summed E-state index contributed by atoms with van der Waals surface area (Å²) < 4.78 is 37.0. The maximum absolute atomic E-state index is 12.8. The van der Waals surface area contributed by atoms with Crippen LogP contribution in [0.25, 0.3) is 0 Å². The van der Waals surface area contributed by atoms with Crippen LogP contribution in [-0.2, 0) is 10.8 Å². The first kappa shape index (κ1) is 12.3. The van der Waals surface area contributed by atoms with Crippen molar-refractivity contribution in [1.29, 1.82) is 0 Å². The van der Waals surface area contributed by atoms with Crippen molar-refractivity contribution in [2.45, 2.75) is 11.8 Å². The van der Waals surface area contributed by atoms with Gasteiger partial charge in [-0.05, 0) is 24.7 Å². The summed E-state index contributed by atoms with van der Waals surface area (Å²) in [5, 5.41) is 3.01. The topological polar surface area (TPSA) is 29.1 Å². The Balaban J connectivity index is 2.62. The van der Waals surface area contributed by atoms with E-state index in [2.05, 4.69) is 5.32 Å². The summed E-state index contributed by atoms with van der Waals surface area (Å²) in [6.45, 7) is 3.34. The highest BCUT2D eigenvalue weighted by molar-refractivity contribution is 7.85. The van der Waals surface area contributed by atoms with Crippen molar-refractivity contribution < 1.29 is 13.0 Å². The molecule has 1 unspecified atom stereocenters. The number of benzene rings is 1. The molecule has 0 radical (unpaired) electrons. The molecule has 0 aromatic heterocycles. The Hall–Kier alpha value is -0.810. The SMILES string of the molecule is CCNCCS(=O)c1ccc(F)c(F)c1. The maximum Gasteiger partial charge on any atom is 0.160 e. The van der Waals surface area contributed by atoms with Crippen molar-refractivity contribution >= 4 is 10.8 Å². The molecule has 0 fully saturated rings. The Labute approximate surface area is 90.1 Å². The van der Waals surface area contributed by atoms with Crippen molar-refractivity contribution in [1.82, 2.24) is 5.32 Å². The molecule has 0 amide bonds. The van der Waals surface area contributed by atoms with Crippen LogP contribution in [0.1, 0.15) is 6.92 Å². The first-order valence-electron chi connectivity index (χ1n) is 4.69. The first-order chi connectivity index (χ1) is 7.15. The van der Waals surface area contributed by atoms with Crippen LogP contribution in [0.2, 0.25) is 0 Å². The van der Waals surface area contributed by atoms with Gasteiger partial charge in [-0.2, -0.15) is 0 Å². The van der Waals surface area contributed by atoms with Crippen LogP contribution in [0.15, 0.2) is 23.1 Å². The summed E-state index contributed by atoms with van der Waals surface area (Å²) in [6.07, 6.45) is 0. The second-order valence-electron chi connectivity index (χ2n) is 2.98. The first-order valence-corrected chi connectivity index (χ1v) is 6.01. The highest BCUT2D eigenvalue weighted by atomic mass is 32.2. The van der Waals surface area contributed by atoms with Crippen LogP contribution in [0, 0.1) is 11.6 Å². The van der Waals surface area contributed by atoms with Gasteiger partial charge in [0.15, 0.2) is 11.6 Å². The number of halogens is 2. The Bertz CT molecular complexity index is 357. The Morgan fingerprint density at radius 3 is 2.67 bits per heavy atom. The highest BCUT2D eigenvalue weighted by Gasteiger charge is 2.07. The number of rotatable bonds is 5. The van der Waals surface area contributed by atoms with Gasteiger partial charge in [0.05, 0.1) is 10.8 Å². The third-order valence-electron chi connectivity index (χ3n) is 1.87. The van der Waals surface area contributed by atoms with Gasteiger partial charge in [0.2, 0.25) is 0 Å². The van der Waals surface area contributed by atoms with Crippen molar-refractivity contribution in [3.8, 4) is 0 Å². The monoisotopic (exact) mass is 233 g/mol. The van der Waals surface area contributed by atoms with Gasteiger partial charge in [-0.15, -0.1) is 0 Å². The molecule has 84 valence electrons. The average Bonchev–Trinajstić information content (AvgIpc) is 2.22. The van der Waals surface area contributed by atoms with Gasteiger partial charge >= 0.3 is 0 Å². The Morgan fingerprint density at radius 1 is 1.33 bits per heavy atom. The summed E-state index contributed by atoms with van der Waals surface area (Å²) >= 11 is 0. The molecule has 0 saturated heterocycles.